The molecule has 0 aliphatic carbocycles. The average Bonchev–Trinajstić information content (AvgIpc) is 2.46. The van der Waals surface area contributed by atoms with Gasteiger partial charge in [-0.15, -0.1) is 0 Å². The molecule has 22 heavy (non-hydrogen) atoms. The summed E-state index contributed by atoms with van der Waals surface area (Å²) in [6.07, 6.45) is 0. The van der Waals surface area contributed by atoms with Crippen molar-refractivity contribution < 1.29 is 9.53 Å². The van der Waals surface area contributed by atoms with Gasteiger partial charge in [0.05, 0.1) is 21.7 Å². The zero-order valence-electron chi connectivity index (χ0n) is 11.1. The van der Waals surface area contributed by atoms with E-state index < -0.39 is 5.91 Å². The molecule has 4 nitrogen and oxygen atoms in total. The molecular weight excluding hydrogens is 347 g/mol. The van der Waals surface area contributed by atoms with E-state index in [1.54, 1.807) is 24.3 Å². The van der Waals surface area contributed by atoms with Crippen molar-refractivity contribution in [1.82, 2.24) is 0 Å². The van der Waals surface area contributed by atoms with Gasteiger partial charge in [0.15, 0.2) is 12.4 Å². The zero-order chi connectivity index (χ0) is 16.1. The highest BCUT2D eigenvalue weighted by Crippen LogP contribution is 2.35. The fourth-order valence-corrected chi connectivity index (χ4v) is 2.59. The highest BCUT2D eigenvalue weighted by atomic mass is 35.5. The summed E-state index contributed by atoms with van der Waals surface area (Å²) in [6.45, 7) is -0.280. The fraction of sp³-hybridized carbons (Fsp3) is 0.0667. The van der Waals surface area contributed by atoms with Crippen LogP contribution in [0.1, 0.15) is 5.56 Å². The number of ether oxygens (including phenoxy) is 1. The number of nitrogens with one attached hydrogen (secondary N) is 1. The second kappa shape index (κ2) is 7.37. The number of benzene rings is 2. The van der Waals surface area contributed by atoms with Crippen LogP contribution in [0.15, 0.2) is 36.4 Å². The van der Waals surface area contributed by atoms with Crippen LogP contribution in [-0.4, -0.2) is 12.5 Å². The van der Waals surface area contributed by atoms with E-state index in [-0.39, 0.29) is 22.4 Å². The molecule has 0 unspecified atom stereocenters. The van der Waals surface area contributed by atoms with Crippen molar-refractivity contribution in [3.8, 4) is 11.8 Å². The largest absolute Gasteiger partial charge is 0.481 e. The third-order valence-electron chi connectivity index (χ3n) is 2.59. The van der Waals surface area contributed by atoms with E-state index in [1.807, 2.05) is 6.07 Å². The summed E-state index contributed by atoms with van der Waals surface area (Å²) in [6, 6.07) is 11.5. The molecular formula is C15H9Cl3N2O2. The van der Waals surface area contributed by atoms with Gasteiger partial charge in [-0.05, 0) is 30.3 Å². The van der Waals surface area contributed by atoms with Gasteiger partial charge in [-0.3, -0.25) is 4.79 Å². The van der Waals surface area contributed by atoms with Crippen LogP contribution in [0.3, 0.4) is 0 Å². The topological polar surface area (TPSA) is 62.1 Å². The molecule has 0 saturated carbocycles. The maximum Gasteiger partial charge on any atom is 0.262 e. The molecule has 2 rings (SSSR count). The Bertz CT molecular complexity index is 734. The first-order chi connectivity index (χ1) is 10.5. The van der Waals surface area contributed by atoms with Crippen molar-refractivity contribution in [2.24, 2.45) is 0 Å². The number of hydrogen-bond acceptors (Lipinski definition) is 3. The molecule has 7 heteroatoms. The number of carbonyl (C=O) groups is 1. The summed E-state index contributed by atoms with van der Waals surface area (Å²) < 4.78 is 5.31. The molecule has 2 aromatic rings. The van der Waals surface area contributed by atoms with Gasteiger partial charge >= 0.3 is 0 Å². The molecule has 0 fully saturated rings. The summed E-state index contributed by atoms with van der Waals surface area (Å²) >= 11 is 17.7. The van der Waals surface area contributed by atoms with Crippen LogP contribution < -0.4 is 10.1 Å². The fourth-order valence-electron chi connectivity index (χ4n) is 1.67. The van der Waals surface area contributed by atoms with Gasteiger partial charge in [0.1, 0.15) is 0 Å². The molecule has 0 spiro atoms. The number of hydrogen-bond donors (Lipinski definition) is 1. The van der Waals surface area contributed by atoms with Gasteiger partial charge in [-0.25, -0.2) is 0 Å². The van der Waals surface area contributed by atoms with Crippen molar-refractivity contribution in [2.45, 2.75) is 0 Å². The number of nitrogens with zero attached hydrogens (tertiary/aromatic N) is 1. The first-order valence-corrected chi connectivity index (χ1v) is 7.20. The molecule has 2 aromatic carbocycles. The number of rotatable bonds is 4. The van der Waals surface area contributed by atoms with Gasteiger partial charge in [-0.2, -0.15) is 5.26 Å². The first kappa shape index (κ1) is 16.4. The Hall–Kier alpha value is -1.93. The van der Waals surface area contributed by atoms with Gasteiger partial charge in [-0.1, -0.05) is 40.9 Å². The molecule has 0 saturated heterocycles. The van der Waals surface area contributed by atoms with Gasteiger partial charge in [0.25, 0.3) is 5.91 Å². The second-order valence-corrected chi connectivity index (χ2v) is 5.48. The summed E-state index contributed by atoms with van der Waals surface area (Å²) in [7, 11) is 0. The van der Waals surface area contributed by atoms with E-state index in [1.165, 1.54) is 12.1 Å². The minimum Gasteiger partial charge on any atom is -0.481 e. The summed E-state index contributed by atoms with van der Waals surface area (Å²) in [5.41, 5.74) is 0.948. The summed E-state index contributed by atoms with van der Waals surface area (Å²) in [4.78, 5) is 11.8. The minimum absolute atomic E-state index is 0.189. The lowest BCUT2D eigenvalue weighted by molar-refractivity contribution is -0.118. The van der Waals surface area contributed by atoms with Crippen molar-refractivity contribution in [2.75, 3.05) is 11.9 Å². The van der Waals surface area contributed by atoms with E-state index in [9.17, 15) is 4.79 Å². The molecule has 112 valence electrons. The first-order valence-electron chi connectivity index (χ1n) is 6.07. The zero-order valence-corrected chi connectivity index (χ0v) is 13.3. The van der Waals surface area contributed by atoms with Crippen LogP contribution in [-0.2, 0) is 4.79 Å². The smallest absolute Gasteiger partial charge is 0.262 e. The number of amides is 1. The molecule has 1 amide bonds. The van der Waals surface area contributed by atoms with Gasteiger partial charge in [0.2, 0.25) is 0 Å². The molecule has 0 aromatic heterocycles. The Morgan fingerprint density at radius 3 is 2.50 bits per heavy atom. The molecule has 0 heterocycles. The lowest BCUT2D eigenvalue weighted by Gasteiger charge is -2.10. The summed E-state index contributed by atoms with van der Waals surface area (Å²) in [5, 5.41) is 12.2. The monoisotopic (exact) mass is 354 g/mol. The molecule has 0 aliphatic heterocycles. The summed E-state index contributed by atoms with van der Waals surface area (Å²) in [5.74, 6) is -0.217. The Morgan fingerprint density at radius 1 is 1.18 bits per heavy atom. The van der Waals surface area contributed by atoms with Crippen molar-refractivity contribution >= 4 is 46.4 Å². The van der Waals surface area contributed by atoms with Crippen LogP contribution in [0.5, 0.6) is 5.75 Å². The highest BCUT2D eigenvalue weighted by Gasteiger charge is 2.11. The maximum absolute atomic E-state index is 11.8. The van der Waals surface area contributed by atoms with Crippen LogP contribution >= 0.6 is 34.8 Å². The lowest BCUT2D eigenvalue weighted by atomic mass is 10.2. The van der Waals surface area contributed by atoms with E-state index in [0.29, 0.717) is 16.3 Å². The molecule has 0 radical (unpaired) electrons. The van der Waals surface area contributed by atoms with E-state index >= 15 is 0 Å². The Balaban J connectivity index is 2.00. The van der Waals surface area contributed by atoms with Crippen LogP contribution in [0.25, 0.3) is 0 Å². The standard InChI is InChI=1S/C15H9Cl3N2O2/c16-10-5-12(17)15(13(18)6-10)22-8-14(21)20-11-3-1-2-9(4-11)7-19/h1-6H,8H2,(H,20,21). The maximum atomic E-state index is 11.8. The molecule has 0 atom stereocenters. The number of nitriles is 1. The third kappa shape index (κ3) is 4.28. The van der Waals surface area contributed by atoms with Gasteiger partial charge in [0, 0.05) is 10.7 Å². The van der Waals surface area contributed by atoms with Crippen LogP contribution in [0.4, 0.5) is 5.69 Å². The highest BCUT2D eigenvalue weighted by molar-refractivity contribution is 6.40. The normalized spacial score (nSPS) is 9.91. The second-order valence-electron chi connectivity index (χ2n) is 4.23. The predicted octanol–water partition coefficient (Wildman–Crippen LogP) is 4.54. The molecule has 1 N–H and O–H groups in total. The van der Waals surface area contributed by atoms with Crippen molar-refractivity contribution in [3.63, 3.8) is 0 Å². The van der Waals surface area contributed by atoms with E-state index in [0.717, 1.165) is 0 Å². The SMILES string of the molecule is N#Cc1cccc(NC(=O)COc2c(Cl)cc(Cl)cc2Cl)c1. The molecule has 0 bridgehead atoms. The number of halogens is 3. The average molecular weight is 356 g/mol. The number of anilines is 1. The van der Waals surface area contributed by atoms with Gasteiger partial charge < -0.3 is 10.1 Å². The quantitative estimate of drug-likeness (QED) is 0.876. The minimum atomic E-state index is -0.405. The third-order valence-corrected chi connectivity index (χ3v) is 3.37. The Kier molecular flexibility index (Phi) is 5.51. The van der Waals surface area contributed by atoms with Crippen molar-refractivity contribution in [1.29, 1.82) is 5.26 Å². The predicted molar refractivity (Wildman–Crippen MR) is 86.8 cm³/mol. The van der Waals surface area contributed by atoms with Crippen molar-refractivity contribution in [3.05, 3.63) is 57.0 Å². The van der Waals surface area contributed by atoms with Crippen LogP contribution in [0.2, 0.25) is 15.1 Å². The van der Waals surface area contributed by atoms with Crippen LogP contribution in [0, 0.1) is 11.3 Å². The lowest BCUT2D eigenvalue weighted by Crippen LogP contribution is -2.20. The Labute approximate surface area is 142 Å². The molecule has 0 aliphatic rings. The van der Waals surface area contributed by atoms with E-state index in [4.69, 9.17) is 44.8 Å². The Morgan fingerprint density at radius 2 is 1.86 bits per heavy atom. The van der Waals surface area contributed by atoms with E-state index in [2.05, 4.69) is 5.32 Å². The number of carbonyl (C=O) groups excluding carboxylic acids is 1.